The molecule has 3 heterocycles. The maximum Gasteiger partial charge on any atom is 0.191 e. The zero-order chi connectivity index (χ0) is 12.8. The van der Waals surface area contributed by atoms with Crippen molar-refractivity contribution >= 4 is 32.9 Å². The Bertz CT molecular complexity index is 430. The van der Waals surface area contributed by atoms with Crippen LogP contribution in [0.5, 0.6) is 0 Å². The van der Waals surface area contributed by atoms with Crippen LogP contribution in [0.3, 0.4) is 0 Å². The van der Waals surface area contributed by atoms with E-state index in [0.717, 1.165) is 17.9 Å². The molecule has 0 bridgehead atoms. The Kier molecular flexibility index (Phi) is 9.69. The minimum atomic E-state index is -3.00. The predicted molar refractivity (Wildman–Crippen MR) is 86.6 cm³/mol. The molecule has 0 spiro atoms. The molecule has 2 fully saturated rings. The van der Waals surface area contributed by atoms with Gasteiger partial charge < -0.3 is 16.3 Å². The van der Waals surface area contributed by atoms with E-state index in [0.29, 0.717) is 4.21 Å². The van der Waals surface area contributed by atoms with Crippen LogP contribution < -0.4 is 5.32 Å². The minimum absolute atomic E-state index is 0. The zero-order valence-corrected chi connectivity index (χ0v) is 13.7. The number of thioether (sulfide) groups is 1. The van der Waals surface area contributed by atoms with Gasteiger partial charge in [0.15, 0.2) is 9.84 Å². The molecule has 0 unspecified atom stereocenters. The third kappa shape index (κ3) is 5.34. The van der Waals surface area contributed by atoms with Gasteiger partial charge in [-0.1, -0.05) is 6.07 Å². The van der Waals surface area contributed by atoms with E-state index in [1.54, 1.807) is 23.9 Å². The first kappa shape index (κ1) is 19.9. The summed E-state index contributed by atoms with van der Waals surface area (Å²) in [5.41, 5.74) is 0. The smallest absolute Gasteiger partial charge is 0.191 e. The molecule has 1 aromatic heterocycles. The van der Waals surface area contributed by atoms with Gasteiger partial charge in [0, 0.05) is 5.75 Å². The standard InChI is InChI=1S/C8H10O2S3.C4H9N.2H2O/c9-13(10,7-3-5-11-6-7)8-2-1-4-12-8;1-2-4-5-3-1;;/h1-2,4,7H,3,5-6H2;5H,1-4H2;2*1H2/t7-;;;/m1.../s1. The van der Waals surface area contributed by atoms with Crippen molar-refractivity contribution in [3.63, 3.8) is 0 Å². The van der Waals surface area contributed by atoms with Crippen LogP contribution in [0.25, 0.3) is 0 Å². The zero-order valence-electron chi connectivity index (χ0n) is 11.3. The van der Waals surface area contributed by atoms with Crippen LogP contribution in [0.1, 0.15) is 19.3 Å². The van der Waals surface area contributed by atoms with Crippen LogP contribution in [0, 0.1) is 0 Å². The molecule has 3 rings (SSSR count). The molecule has 0 aliphatic carbocycles. The summed E-state index contributed by atoms with van der Waals surface area (Å²) in [6.07, 6.45) is 3.59. The van der Waals surface area contributed by atoms with E-state index in [-0.39, 0.29) is 16.2 Å². The van der Waals surface area contributed by atoms with Gasteiger partial charge in [0.25, 0.3) is 0 Å². The number of sulfone groups is 1. The van der Waals surface area contributed by atoms with Crippen LogP contribution in [-0.2, 0) is 9.84 Å². The van der Waals surface area contributed by atoms with Gasteiger partial charge in [-0.25, -0.2) is 8.42 Å². The highest BCUT2D eigenvalue weighted by Gasteiger charge is 2.31. The van der Waals surface area contributed by atoms with E-state index >= 15 is 0 Å². The molecule has 5 N–H and O–H groups in total. The molecular formula is C12H23NO4S3. The lowest BCUT2D eigenvalue weighted by atomic mass is 10.4. The molecule has 2 aliphatic rings. The maximum atomic E-state index is 11.9. The summed E-state index contributed by atoms with van der Waals surface area (Å²) in [6, 6.07) is 3.49. The fourth-order valence-electron chi connectivity index (χ4n) is 1.97. The summed E-state index contributed by atoms with van der Waals surface area (Å²) in [5.74, 6) is 1.75. The van der Waals surface area contributed by atoms with Gasteiger partial charge in [-0.05, 0) is 49.6 Å². The summed E-state index contributed by atoms with van der Waals surface area (Å²) in [4.78, 5) is 0. The van der Waals surface area contributed by atoms with Gasteiger partial charge >= 0.3 is 0 Å². The molecule has 118 valence electrons. The molecule has 0 amide bonds. The topological polar surface area (TPSA) is 109 Å². The van der Waals surface area contributed by atoms with E-state index < -0.39 is 9.84 Å². The molecular weight excluding hydrogens is 318 g/mol. The summed E-state index contributed by atoms with van der Waals surface area (Å²) >= 11 is 3.05. The van der Waals surface area contributed by atoms with Crippen molar-refractivity contribution < 1.29 is 19.4 Å². The van der Waals surface area contributed by atoms with Crippen LogP contribution in [0.4, 0.5) is 0 Å². The fourth-order valence-corrected chi connectivity index (χ4v) is 6.76. The molecule has 0 radical (unpaired) electrons. The van der Waals surface area contributed by atoms with Crippen molar-refractivity contribution in [2.75, 3.05) is 24.6 Å². The van der Waals surface area contributed by atoms with E-state index in [1.165, 1.54) is 37.3 Å². The van der Waals surface area contributed by atoms with Gasteiger partial charge in [0.05, 0.1) is 5.25 Å². The molecule has 20 heavy (non-hydrogen) atoms. The first-order valence-electron chi connectivity index (χ1n) is 6.27. The van der Waals surface area contributed by atoms with Crippen molar-refractivity contribution in [2.45, 2.75) is 28.7 Å². The minimum Gasteiger partial charge on any atom is -0.412 e. The second kappa shape index (κ2) is 9.75. The molecule has 8 heteroatoms. The van der Waals surface area contributed by atoms with Crippen molar-refractivity contribution in [2.24, 2.45) is 0 Å². The number of rotatable bonds is 2. The van der Waals surface area contributed by atoms with Crippen molar-refractivity contribution in [1.82, 2.24) is 5.32 Å². The quantitative estimate of drug-likeness (QED) is 0.855. The number of thiophene rings is 1. The average Bonchev–Trinajstić information content (AvgIpc) is 3.14. The highest BCUT2D eigenvalue weighted by molar-refractivity contribution is 8.01. The van der Waals surface area contributed by atoms with Gasteiger partial charge in [-0.15, -0.1) is 11.3 Å². The Morgan fingerprint density at radius 3 is 2.30 bits per heavy atom. The van der Waals surface area contributed by atoms with Crippen molar-refractivity contribution in [1.29, 1.82) is 0 Å². The number of nitrogens with one attached hydrogen (secondary N) is 1. The molecule has 0 aromatic carbocycles. The monoisotopic (exact) mass is 341 g/mol. The van der Waals surface area contributed by atoms with Gasteiger partial charge in [-0.3, -0.25) is 0 Å². The largest absolute Gasteiger partial charge is 0.412 e. The van der Waals surface area contributed by atoms with E-state index in [9.17, 15) is 8.42 Å². The van der Waals surface area contributed by atoms with Gasteiger partial charge in [0.1, 0.15) is 4.21 Å². The lowest BCUT2D eigenvalue weighted by Gasteiger charge is -2.07. The van der Waals surface area contributed by atoms with Crippen molar-refractivity contribution in [3.8, 4) is 0 Å². The molecule has 0 saturated carbocycles. The van der Waals surface area contributed by atoms with E-state index in [1.807, 2.05) is 5.38 Å². The number of hydrogen-bond donors (Lipinski definition) is 1. The highest BCUT2D eigenvalue weighted by atomic mass is 32.2. The van der Waals surface area contributed by atoms with Crippen LogP contribution in [0.2, 0.25) is 0 Å². The molecule has 2 aliphatic heterocycles. The summed E-state index contributed by atoms with van der Waals surface area (Å²) in [5, 5.41) is 4.89. The molecule has 2 saturated heterocycles. The first-order valence-corrected chi connectivity index (χ1v) is 9.85. The normalized spacial score (nSPS) is 21.3. The fraction of sp³-hybridized carbons (Fsp3) is 0.667. The lowest BCUT2D eigenvalue weighted by molar-refractivity contribution is 0.586. The Morgan fingerprint density at radius 1 is 1.20 bits per heavy atom. The number of hydrogen-bond acceptors (Lipinski definition) is 5. The Morgan fingerprint density at radius 2 is 1.90 bits per heavy atom. The van der Waals surface area contributed by atoms with Crippen molar-refractivity contribution in [3.05, 3.63) is 17.5 Å². The summed E-state index contributed by atoms with van der Waals surface area (Å²) in [6.45, 7) is 2.50. The van der Waals surface area contributed by atoms with E-state index in [4.69, 9.17) is 0 Å². The second-order valence-corrected chi connectivity index (χ2v) is 8.97. The SMILES string of the molecule is C1CCNC1.O.O.O=S(=O)(c1cccs1)[C@@H]1CCSC1. The summed E-state index contributed by atoms with van der Waals surface area (Å²) in [7, 11) is -3.00. The molecule has 1 atom stereocenters. The third-order valence-electron chi connectivity index (χ3n) is 3.06. The van der Waals surface area contributed by atoms with Gasteiger partial charge in [-0.2, -0.15) is 11.8 Å². The Hall–Kier alpha value is -0.120. The highest BCUT2D eigenvalue weighted by Crippen LogP contribution is 2.30. The van der Waals surface area contributed by atoms with Crippen LogP contribution in [-0.4, -0.2) is 49.2 Å². The summed E-state index contributed by atoms with van der Waals surface area (Å²) < 4.78 is 24.3. The van der Waals surface area contributed by atoms with E-state index in [2.05, 4.69) is 5.32 Å². The molecule has 5 nitrogen and oxygen atoms in total. The second-order valence-electron chi connectivity index (χ2n) is 4.42. The average molecular weight is 342 g/mol. The van der Waals surface area contributed by atoms with Gasteiger partial charge in [0.2, 0.25) is 0 Å². The maximum absolute atomic E-state index is 11.9. The Labute approximate surface area is 128 Å². The van der Waals surface area contributed by atoms with Crippen LogP contribution >= 0.6 is 23.1 Å². The Balaban J connectivity index is 0.000000443. The third-order valence-corrected chi connectivity index (χ3v) is 8.06. The first-order chi connectivity index (χ1) is 8.71. The lowest BCUT2D eigenvalue weighted by Crippen LogP contribution is -2.19. The predicted octanol–water partition coefficient (Wildman–Crippen LogP) is 0.748. The van der Waals surface area contributed by atoms with Crippen LogP contribution in [0.15, 0.2) is 21.7 Å². The molecule has 1 aromatic rings.